The van der Waals surface area contributed by atoms with Gasteiger partial charge in [-0.1, -0.05) is 5.92 Å². The van der Waals surface area contributed by atoms with Crippen molar-refractivity contribution in [1.82, 2.24) is 20.1 Å². The molecule has 1 aromatic heterocycles. The quantitative estimate of drug-likeness (QED) is 0.738. The van der Waals surface area contributed by atoms with E-state index in [1.165, 1.54) is 6.42 Å². The first-order valence-corrected chi connectivity index (χ1v) is 10.7. The number of aromatic nitrogens is 3. The van der Waals surface area contributed by atoms with Crippen LogP contribution in [0.1, 0.15) is 36.9 Å². The van der Waals surface area contributed by atoms with Gasteiger partial charge in [-0.3, -0.25) is 0 Å². The monoisotopic (exact) mass is 407 g/mol. The Morgan fingerprint density at radius 1 is 1.27 bits per heavy atom. The number of piperidine rings is 1. The van der Waals surface area contributed by atoms with Crippen molar-refractivity contribution in [3.8, 4) is 29.4 Å². The predicted octanol–water partition coefficient (Wildman–Crippen LogP) is 2.84. The van der Waals surface area contributed by atoms with Gasteiger partial charge in [0, 0.05) is 43.5 Å². The van der Waals surface area contributed by atoms with Crippen LogP contribution in [0.15, 0.2) is 18.2 Å². The molecule has 0 aliphatic carbocycles. The fourth-order valence-electron chi connectivity index (χ4n) is 4.35. The van der Waals surface area contributed by atoms with Crippen LogP contribution in [0.2, 0.25) is 0 Å². The summed E-state index contributed by atoms with van der Waals surface area (Å²) in [7, 11) is 0. The molecule has 1 aromatic carbocycles. The standard InChI is InChI=1S/C23H29N5O2/c1-3-17-6-7-20(21(29)13-17)22-16(2)24-23(27-26-22)25-19-5-4-10-28(15-19)14-18-8-11-30-12-9-18/h1,6-7,13,18-19,29H,4-5,8-12,14-15H2,2H3,(H,24,25,27)/t19-/m1/s1. The van der Waals surface area contributed by atoms with Crippen molar-refractivity contribution in [2.75, 3.05) is 38.2 Å². The molecule has 0 radical (unpaired) electrons. The Morgan fingerprint density at radius 3 is 2.83 bits per heavy atom. The Morgan fingerprint density at radius 2 is 2.10 bits per heavy atom. The van der Waals surface area contributed by atoms with Crippen molar-refractivity contribution in [3.63, 3.8) is 0 Å². The van der Waals surface area contributed by atoms with Gasteiger partial charge in [0.2, 0.25) is 5.95 Å². The molecule has 0 unspecified atom stereocenters. The fourth-order valence-corrected chi connectivity index (χ4v) is 4.35. The lowest BCUT2D eigenvalue weighted by molar-refractivity contribution is 0.0490. The number of aryl methyl sites for hydroxylation is 1. The SMILES string of the molecule is C#Cc1ccc(-c2nnc(N[C@@H]3CCCN(CC4CCOCC4)C3)nc2C)c(O)c1. The van der Waals surface area contributed by atoms with E-state index in [0.717, 1.165) is 58.0 Å². The number of nitrogens with one attached hydrogen (secondary N) is 1. The maximum absolute atomic E-state index is 10.3. The van der Waals surface area contributed by atoms with Crippen molar-refractivity contribution < 1.29 is 9.84 Å². The minimum Gasteiger partial charge on any atom is -0.507 e. The van der Waals surface area contributed by atoms with Gasteiger partial charge in [0.25, 0.3) is 0 Å². The largest absolute Gasteiger partial charge is 0.507 e. The molecule has 3 heterocycles. The van der Waals surface area contributed by atoms with Crippen LogP contribution in [0.4, 0.5) is 5.95 Å². The molecular weight excluding hydrogens is 378 g/mol. The Balaban J connectivity index is 1.40. The van der Waals surface area contributed by atoms with Crippen molar-refractivity contribution >= 4 is 5.95 Å². The number of anilines is 1. The Kier molecular flexibility index (Phi) is 6.46. The minimum absolute atomic E-state index is 0.0846. The highest BCUT2D eigenvalue weighted by atomic mass is 16.5. The van der Waals surface area contributed by atoms with Gasteiger partial charge in [0.15, 0.2) is 0 Å². The van der Waals surface area contributed by atoms with E-state index in [4.69, 9.17) is 11.2 Å². The zero-order valence-electron chi connectivity index (χ0n) is 17.5. The molecule has 30 heavy (non-hydrogen) atoms. The normalized spacial score (nSPS) is 20.6. The third kappa shape index (κ3) is 4.89. The lowest BCUT2D eigenvalue weighted by atomic mass is 9.97. The van der Waals surface area contributed by atoms with Crippen molar-refractivity contribution in [2.24, 2.45) is 5.92 Å². The summed E-state index contributed by atoms with van der Waals surface area (Å²) in [5.74, 6) is 3.87. The molecular formula is C23H29N5O2. The summed E-state index contributed by atoms with van der Waals surface area (Å²) in [6, 6.07) is 5.40. The molecule has 0 bridgehead atoms. The van der Waals surface area contributed by atoms with Gasteiger partial charge in [-0.15, -0.1) is 16.6 Å². The number of ether oxygens (including phenoxy) is 1. The van der Waals surface area contributed by atoms with E-state index in [1.807, 2.05) is 6.92 Å². The number of nitrogens with zero attached hydrogens (tertiary/aromatic N) is 4. The second kappa shape index (κ2) is 9.41. The molecule has 1 atom stereocenters. The van der Waals surface area contributed by atoms with Crippen molar-refractivity contribution in [2.45, 2.75) is 38.6 Å². The van der Waals surface area contributed by atoms with E-state index < -0.39 is 0 Å². The van der Waals surface area contributed by atoms with Crippen LogP contribution >= 0.6 is 0 Å². The Bertz CT molecular complexity index is 920. The molecule has 2 aliphatic rings. The molecule has 4 rings (SSSR count). The number of hydrogen-bond donors (Lipinski definition) is 2. The molecule has 0 saturated carbocycles. The summed E-state index contributed by atoms with van der Waals surface area (Å²) in [4.78, 5) is 7.15. The van der Waals surface area contributed by atoms with Gasteiger partial charge >= 0.3 is 0 Å². The van der Waals surface area contributed by atoms with Crippen molar-refractivity contribution in [3.05, 3.63) is 29.5 Å². The van der Waals surface area contributed by atoms with E-state index in [-0.39, 0.29) is 5.75 Å². The lowest BCUT2D eigenvalue weighted by Crippen LogP contribution is -2.44. The number of hydrogen-bond acceptors (Lipinski definition) is 7. The number of likely N-dealkylation sites (tertiary alicyclic amines) is 1. The summed E-state index contributed by atoms with van der Waals surface area (Å²) in [6.45, 7) is 6.96. The molecule has 2 N–H and O–H groups in total. The third-order valence-corrected chi connectivity index (χ3v) is 5.98. The number of terminal acetylenes is 1. The van der Waals surface area contributed by atoms with Crippen LogP contribution in [0.25, 0.3) is 11.3 Å². The maximum Gasteiger partial charge on any atom is 0.243 e. The van der Waals surface area contributed by atoms with Gasteiger partial charge in [0.1, 0.15) is 11.4 Å². The molecule has 2 saturated heterocycles. The molecule has 7 nitrogen and oxygen atoms in total. The number of phenols is 1. The van der Waals surface area contributed by atoms with E-state index >= 15 is 0 Å². The van der Waals surface area contributed by atoms with Gasteiger partial charge < -0.3 is 20.1 Å². The summed E-state index contributed by atoms with van der Waals surface area (Å²) >= 11 is 0. The third-order valence-electron chi connectivity index (χ3n) is 5.98. The zero-order valence-corrected chi connectivity index (χ0v) is 17.5. The topological polar surface area (TPSA) is 83.4 Å². The van der Waals surface area contributed by atoms with Crippen LogP contribution in [0.5, 0.6) is 5.75 Å². The lowest BCUT2D eigenvalue weighted by Gasteiger charge is -2.36. The average Bonchev–Trinajstić information content (AvgIpc) is 2.75. The van der Waals surface area contributed by atoms with Crippen molar-refractivity contribution in [1.29, 1.82) is 0 Å². The molecule has 2 aromatic rings. The van der Waals surface area contributed by atoms with Gasteiger partial charge in [-0.25, -0.2) is 4.98 Å². The molecule has 0 spiro atoms. The maximum atomic E-state index is 10.3. The number of phenolic OH excluding ortho intramolecular Hbond substituents is 1. The van der Waals surface area contributed by atoms with Crippen LogP contribution in [0.3, 0.4) is 0 Å². The van der Waals surface area contributed by atoms with Gasteiger partial charge in [0.05, 0.1) is 5.69 Å². The number of benzene rings is 1. The Hall–Kier alpha value is -2.69. The second-order valence-electron chi connectivity index (χ2n) is 8.24. The average molecular weight is 408 g/mol. The highest BCUT2D eigenvalue weighted by Gasteiger charge is 2.24. The van der Waals surface area contributed by atoms with E-state index in [1.54, 1.807) is 18.2 Å². The smallest absolute Gasteiger partial charge is 0.243 e. The first-order chi connectivity index (χ1) is 14.6. The number of aromatic hydroxyl groups is 1. The minimum atomic E-state index is 0.0846. The molecule has 2 aliphatic heterocycles. The van der Waals surface area contributed by atoms with Crippen LogP contribution < -0.4 is 5.32 Å². The van der Waals surface area contributed by atoms with E-state index in [2.05, 4.69) is 31.3 Å². The summed E-state index contributed by atoms with van der Waals surface area (Å²) in [5.41, 5.74) is 2.48. The molecule has 2 fully saturated rings. The fraction of sp³-hybridized carbons (Fsp3) is 0.522. The highest BCUT2D eigenvalue weighted by molar-refractivity contribution is 5.69. The van der Waals surface area contributed by atoms with Crippen LogP contribution in [0, 0.1) is 25.2 Å². The molecule has 7 heteroatoms. The molecule has 0 amide bonds. The molecule has 158 valence electrons. The summed E-state index contributed by atoms with van der Waals surface area (Å²) in [5, 5.41) is 22.3. The van der Waals surface area contributed by atoms with E-state index in [0.29, 0.717) is 34.5 Å². The van der Waals surface area contributed by atoms with E-state index in [9.17, 15) is 5.11 Å². The summed E-state index contributed by atoms with van der Waals surface area (Å²) < 4.78 is 5.48. The highest BCUT2D eigenvalue weighted by Crippen LogP contribution is 2.30. The second-order valence-corrected chi connectivity index (χ2v) is 8.24. The van der Waals surface area contributed by atoms with Crippen LogP contribution in [-0.2, 0) is 4.74 Å². The first-order valence-electron chi connectivity index (χ1n) is 10.7. The number of rotatable bonds is 5. The van der Waals surface area contributed by atoms with Crippen LogP contribution in [-0.4, -0.2) is 64.1 Å². The van der Waals surface area contributed by atoms with Gasteiger partial charge in [-0.05, 0) is 63.3 Å². The zero-order chi connectivity index (χ0) is 20.9. The predicted molar refractivity (Wildman–Crippen MR) is 116 cm³/mol. The Labute approximate surface area is 177 Å². The van der Waals surface area contributed by atoms with Gasteiger partial charge in [-0.2, -0.15) is 0 Å². The first kappa shape index (κ1) is 20.6. The summed E-state index contributed by atoms with van der Waals surface area (Å²) in [6.07, 6.45) is 9.99.